The first-order valence-electron chi connectivity index (χ1n) is 5.95. The lowest BCUT2D eigenvalue weighted by Gasteiger charge is -2.13. The van der Waals surface area contributed by atoms with Crippen molar-refractivity contribution in [3.63, 3.8) is 0 Å². The summed E-state index contributed by atoms with van der Waals surface area (Å²) in [6.07, 6.45) is 1.73. The summed E-state index contributed by atoms with van der Waals surface area (Å²) >= 11 is 0. The smallest absolute Gasteiger partial charge is 0.269 e. The van der Waals surface area contributed by atoms with Crippen LogP contribution in [0.15, 0.2) is 24.3 Å². The van der Waals surface area contributed by atoms with Crippen molar-refractivity contribution in [2.24, 2.45) is 0 Å². The number of hydrogen-bond acceptors (Lipinski definition) is 5. The van der Waals surface area contributed by atoms with Gasteiger partial charge in [-0.25, -0.2) is 8.42 Å². The highest BCUT2D eigenvalue weighted by Crippen LogP contribution is 2.18. The molecule has 0 fully saturated rings. The van der Waals surface area contributed by atoms with Gasteiger partial charge in [0.25, 0.3) is 5.69 Å². The van der Waals surface area contributed by atoms with Crippen LogP contribution in [-0.4, -0.2) is 31.9 Å². The molecule has 0 aliphatic carbocycles. The summed E-state index contributed by atoms with van der Waals surface area (Å²) in [6, 6.07) is 6.36. The Kier molecular flexibility index (Phi) is 5.44. The molecule has 0 amide bonds. The van der Waals surface area contributed by atoms with Crippen molar-refractivity contribution >= 4 is 15.5 Å². The van der Waals surface area contributed by atoms with Gasteiger partial charge < -0.3 is 5.32 Å². The van der Waals surface area contributed by atoms with Crippen LogP contribution in [0.1, 0.15) is 24.9 Å². The molecule has 1 atom stereocenters. The lowest BCUT2D eigenvalue weighted by atomic mass is 10.1. The minimum atomic E-state index is -2.93. The number of hydrogen-bond donors (Lipinski definition) is 1. The van der Waals surface area contributed by atoms with Crippen molar-refractivity contribution in [2.75, 3.05) is 18.6 Å². The van der Waals surface area contributed by atoms with E-state index in [0.29, 0.717) is 13.0 Å². The van der Waals surface area contributed by atoms with Crippen LogP contribution < -0.4 is 5.32 Å². The van der Waals surface area contributed by atoms with Crippen molar-refractivity contribution in [1.82, 2.24) is 5.32 Å². The Bertz CT molecular complexity index is 542. The molecule has 1 rings (SSSR count). The second kappa shape index (κ2) is 6.63. The van der Waals surface area contributed by atoms with Crippen LogP contribution in [0.4, 0.5) is 5.69 Å². The first-order valence-corrected chi connectivity index (χ1v) is 8.01. The van der Waals surface area contributed by atoms with Crippen molar-refractivity contribution in [3.05, 3.63) is 39.9 Å². The number of nitrogens with zero attached hydrogens (tertiary/aromatic N) is 1. The number of nitro groups is 1. The van der Waals surface area contributed by atoms with Crippen molar-refractivity contribution in [3.8, 4) is 0 Å². The quantitative estimate of drug-likeness (QED) is 0.468. The molecule has 0 bridgehead atoms. The van der Waals surface area contributed by atoms with E-state index in [1.165, 1.54) is 18.4 Å². The van der Waals surface area contributed by atoms with Gasteiger partial charge >= 0.3 is 0 Å². The van der Waals surface area contributed by atoms with E-state index in [-0.39, 0.29) is 17.5 Å². The van der Waals surface area contributed by atoms with Crippen LogP contribution in [0, 0.1) is 10.1 Å². The summed E-state index contributed by atoms with van der Waals surface area (Å²) in [4.78, 5) is 10.2. The molecule has 7 heteroatoms. The Morgan fingerprint density at radius 3 is 2.68 bits per heavy atom. The van der Waals surface area contributed by atoms with E-state index in [2.05, 4.69) is 5.32 Å². The fraction of sp³-hybridized carbons (Fsp3) is 0.500. The summed E-state index contributed by atoms with van der Waals surface area (Å²) in [5, 5.41) is 13.8. The van der Waals surface area contributed by atoms with Crippen molar-refractivity contribution in [2.45, 2.75) is 19.4 Å². The number of non-ortho nitro benzene ring substituents is 1. The van der Waals surface area contributed by atoms with E-state index in [9.17, 15) is 18.5 Å². The average molecular weight is 286 g/mol. The molecule has 1 N–H and O–H groups in total. The molecule has 1 unspecified atom stereocenters. The van der Waals surface area contributed by atoms with Gasteiger partial charge in [-0.05, 0) is 25.5 Å². The molecule has 19 heavy (non-hydrogen) atoms. The standard InChI is InChI=1S/C12H18N2O4S/c1-10(13-7-4-8-19(2,17)18)11-5-3-6-12(9-11)14(15)16/h3,5-6,9-10,13H,4,7-8H2,1-2H3. The van der Waals surface area contributed by atoms with Gasteiger partial charge in [-0.15, -0.1) is 0 Å². The minimum absolute atomic E-state index is 0.0561. The molecule has 0 aliphatic rings. The molecule has 0 spiro atoms. The molecular weight excluding hydrogens is 268 g/mol. The molecule has 6 nitrogen and oxygen atoms in total. The number of rotatable bonds is 7. The summed E-state index contributed by atoms with van der Waals surface area (Å²) in [5.74, 6) is 0.141. The second-order valence-electron chi connectivity index (χ2n) is 4.51. The summed E-state index contributed by atoms with van der Waals surface area (Å²) < 4.78 is 21.9. The SMILES string of the molecule is CC(NCCCS(C)(=O)=O)c1cccc([N+](=O)[O-])c1. The zero-order valence-corrected chi connectivity index (χ0v) is 11.8. The molecule has 0 saturated heterocycles. The van der Waals surface area contributed by atoms with Gasteiger partial charge in [-0.2, -0.15) is 0 Å². The zero-order chi connectivity index (χ0) is 14.5. The van der Waals surface area contributed by atoms with Crippen LogP contribution >= 0.6 is 0 Å². The third-order valence-electron chi connectivity index (χ3n) is 2.72. The number of sulfone groups is 1. The average Bonchev–Trinajstić information content (AvgIpc) is 2.33. The van der Waals surface area contributed by atoms with Crippen molar-refractivity contribution in [1.29, 1.82) is 0 Å². The highest BCUT2D eigenvalue weighted by molar-refractivity contribution is 7.90. The van der Waals surface area contributed by atoms with E-state index >= 15 is 0 Å². The molecule has 1 aromatic carbocycles. The highest BCUT2D eigenvalue weighted by atomic mass is 32.2. The van der Waals surface area contributed by atoms with Gasteiger partial charge in [0.05, 0.1) is 10.7 Å². The van der Waals surface area contributed by atoms with E-state index in [0.717, 1.165) is 5.56 Å². The minimum Gasteiger partial charge on any atom is -0.310 e. The van der Waals surface area contributed by atoms with Crippen LogP contribution in [-0.2, 0) is 9.84 Å². The van der Waals surface area contributed by atoms with Gasteiger partial charge in [-0.1, -0.05) is 12.1 Å². The van der Waals surface area contributed by atoms with Gasteiger partial charge in [0.15, 0.2) is 0 Å². The first kappa shape index (κ1) is 15.6. The van der Waals surface area contributed by atoms with Gasteiger partial charge in [0.1, 0.15) is 9.84 Å². The molecule has 1 aromatic rings. The maximum atomic E-state index is 11.0. The number of nitro benzene ring substituents is 1. The fourth-order valence-corrected chi connectivity index (χ4v) is 2.35. The summed E-state index contributed by atoms with van der Waals surface area (Å²) in [7, 11) is -2.93. The fourth-order valence-electron chi connectivity index (χ4n) is 1.68. The Balaban J connectivity index is 2.52. The number of nitrogens with one attached hydrogen (secondary N) is 1. The molecule has 0 aromatic heterocycles. The van der Waals surface area contributed by atoms with Crippen LogP contribution in [0.5, 0.6) is 0 Å². The maximum absolute atomic E-state index is 11.0. The topological polar surface area (TPSA) is 89.3 Å². The lowest BCUT2D eigenvalue weighted by Crippen LogP contribution is -2.21. The Hall–Kier alpha value is -1.47. The van der Waals surface area contributed by atoms with E-state index in [1.807, 2.05) is 6.92 Å². The highest BCUT2D eigenvalue weighted by Gasteiger charge is 2.10. The Morgan fingerprint density at radius 2 is 2.11 bits per heavy atom. The van der Waals surface area contributed by atoms with E-state index < -0.39 is 14.8 Å². The molecule has 0 aliphatic heterocycles. The summed E-state index contributed by atoms with van der Waals surface area (Å²) in [5.41, 5.74) is 0.871. The summed E-state index contributed by atoms with van der Waals surface area (Å²) in [6.45, 7) is 2.44. The Morgan fingerprint density at radius 1 is 1.42 bits per heavy atom. The number of benzene rings is 1. The van der Waals surface area contributed by atoms with Gasteiger partial charge in [-0.3, -0.25) is 10.1 Å². The van der Waals surface area contributed by atoms with Crippen molar-refractivity contribution < 1.29 is 13.3 Å². The lowest BCUT2D eigenvalue weighted by molar-refractivity contribution is -0.384. The first-order chi connectivity index (χ1) is 8.79. The van der Waals surface area contributed by atoms with E-state index in [1.54, 1.807) is 12.1 Å². The van der Waals surface area contributed by atoms with Gasteiger partial charge in [0, 0.05) is 24.4 Å². The largest absolute Gasteiger partial charge is 0.310 e. The molecule has 0 saturated carbocycles. The zero-order valence-electron chi connectivity index (χ0n) is 11.0. The third-order valence-corrected chi connectivity index (χ3v) is 3.75. The third kappa shape index (κ3) is 5.80. The molecule has 0 radical (unpaired) electrons. The van der Waals surface area contributed by atoms with Crippen LogP contribution in [0.25, 0.3) is 0 Å². The van der Waals surface area contributed by atoms with E-state index in [4.69, 9.17) is 0 Å². The monoisotopic (exact) mass is 286 g/mol. The Labute approximate surface area is 112 Å². The van der Waals surface area contributed by atoms with Crippen LogP contribution in [0.2, 0.25) is 0 Å². The predicted octanol–water partition coefficient (Wildman–Crippen LogP) is 1.68. The molecular formula is C12H18N2O4S. The predicted molar refractivity (Wildman–Crippen MR) is 73.8 cm³/mol. The van der Waals surface area contributed by atoms with Crippen LogP contribution in [0.3, 0.4) is 0 Å². The van der Waals surface area contributed by atoms with Gasteiger partial charge in [0.2, 0.25) is 0 Å². The molecule has 106 valence electrons. The normalized spacial score (nSPS) is 13.2. The maximum Gasteiger partial charge on any atom is 0.269 e. The second-order valence-corrected chi connectivity index (χ2v) is 6.77. The molecule has 0 heterocycles.